The number of aromatic nitrogens is 4. The van der Waals surface area contributed by atoms with Crippen molar-refractivity contribution in [2.24, 2.45) is 5.92 Å². The molecule has 1 aliphatic rings. The largest absolute Gasteiger partial charge is 0.391 e. The molecule has 0 radical (unpaired) electrons. The predicted molar refractivity (Wildman–Crippen MR) is 95.8 cm³/mol. The molecular formula is C19H21N5O2. The van der Waals surface area contributed by atoms with Crippen LogP contribution in [0.5, 0.6) is 0 Å². The van der Waals surface area contributed by atoms with E-state index < -0.39 is 6.10 Å². The second kappa shape index (κ2) is 7.13. The van der Waals surface area contributed by atoms with E-state index in [1.807, 2.05) is 39.9 Å². The van der Waals surface area contributed by atoms with Crippen molar-refractivity contribution in [3.8, 4) is 5.82 Å². The smallest absolute Gasteiger partial charge is 0.251 e. The number of imidazole rings is 1. The molecule has 3 heterocycles. The van der Waals surface area contributed by atoms with Crippen molar-refractivity contribution in [2.45, 2.75) is 31.5 Å². The lowest BCUT2D eigenvalue weighted by Crippen LogP contribution is -2.40. The Morgan fingerprint density at radius 1 is 1.23 bits per heavy atom. The Labute approximate surface area is 151 Å². The number of hydrogen-bond acceptors (Lipinski definition) is 4. The highest BCUT2D eigenvalue weighted by atomic mass is 16.3. The monoisotopic (exact) mass is 351 g/mol. The van der Waals surface area contributed by atoms with Crippen LogP contribution in [-0.2, 0) is 6.54 Å². The molecule has 26 heavy (non-hydrogen) atoms. The summed E-state index contributed by atoms with van der Waals surface area (Å²) in [6, 6.07) is 7.01. The summed E-state index contributed by atoms with van der Waals surface area (Å²) in [5.74, 6) is 0.818. The van der Waals surface area contributed by atoms with Crippen molar-refractivity contribution >= 4 is 5.91 Å². The molecule has 0 saturated heterocycles. The molecule has 1 fully saturated rings. The number of aliphatic hydroxyl groups is 1. The SMILES string of the molecule is O=C(N[C@@H]1CC(Cn2ccnc2)C[C@H]1O)c1ccnc(-n2cccc2)c1. The summed E-state index contributed by atoms with van der Waals surface area (Å²) in [4.78, 5) is 20.9. The highest BCUT2D eigenvalue weighted by molar-refractivity contribution is 5.94. The van der Waals surface area contributed by atoms with E-state index in [4.69, 9.17) is 0 Å². The van der Waals surface area contributed by atoms with Gasteiger partial charge in [0.15, 0.2) is 0 Å². The van der Waals surface area contributed by atoms with Crippen LogP contribution in [-0.4, -0.2) is 42.3 Å². The van der Waals surface area contributed by atoms with Crippen LogP contribution in [0.25, 0.3) is 5.82 Å². The van der Waals surface area contributed by atoms with Crippen LogP contribution in [0.3, 0.4) is 0 Å². The van der Waals surface area contributed by atoms with Gasteiger partial charge in [0.05, 0.1) is 18.5 Å². The second-order valence-electron chi connectivity index (χ2n) is 6.74. The van der Waals surface area contributed by atoms with Gasteiger partial charge in [0, 0.05) is 43.1 Å². The highest BCUT2D eigenvalue weighted by Gasteiger charge is 2.34. The second-order valence-corrected chi connectivity index (χ2v) is 6.74. The third-order valence-corrected chi connectivity index (χ3v) is 4.85. The molecule has 3 aromatic rings. The van der Waals surface area contributed by atoms with E-state index in [0.717, 1.165) is 13.0 Å². The third-order valence-electron chi connectivity index (χ3n) is 4.85. The van der Waals surface area contributed by atoms with Crippen LogP contribution in [0.1, 0.15) is 23.2 Å². The molecule has 134 valence electrons. The maximum atomic E-state index is 12.6. The maximum absolute atomic E-state index is 12.6. The van der Waals surface area contributed by atoms with Gasteiger partial charge in [0.1, 0.15) is 5.82 Å². The zero-order valence-corrected chi connectivity index (χ0v) is 14.3. The molecule has 0 aliphatic heterocycles. The topological polar surface area (TPSA) is 85.0 Å². The third kappa shape index (κ3) is 3.52. The van der Waals surface area contributed by atoms with Crippen LogP contribution in [0.4, 0.5) is 0 Å². The number of amides is 1. The lowest BCUT2D eigenvalue weighted by molar-refractivity contribution is 0.0872. The van der Waals surface area contributed by atoms with E-state index in [2.05, 4.69) is 15.3 Å². The quantitative estimate of drug-likeness (QED) is 0.732. The lowest BCUT2D eigenvalue weighted by atomic mass is 10.1. The van der Waals surface area contributed by atoms with Gasteiger partial charge in [-0.2, -0.15) is 0 Å². The summed E-state index contributed by atoms with van der Waals surface area (Å²) in [5, 5.41) is 13.3. The van der Waals surface area contributed by atoms with Gasteiger partial charge in [-0.05, 0) is 43.0 Å². The van der Waals surface area contributed by atoms with Crippen LogP contribution in [0.15, 0.2) is 61.6 Å². The van der Waals surface area contributed by atoms with Crippen LogP contribution in [0.2, 0.25) is 0 Å². The molecule has 0 aromatic carbocycles. The van der Waals surface area contributed by atoms with E-state index >= 15 is 0 Å². The summed E-state index contributed by atoms with van der Waals surface area (Å²) in [5.41, 5.74) is 0.536. The Kier molecular flexibility index (Phi) is 4.53. The molecule has 4 rings (SSSR count). The van der Waals surface area contributed by atoms with Crippen LogP contribution < -0.4 is 5.32 Å². The molecule has 3 aromatic heterocycles. The number of carbonyl (C=O) groups excluding carboxylic acids is 1. The Bertz CT molecular complexity index is 860. The highest BCUT2D eigenvalue weighted by Crippen LogP contribution is 2.27. The first-order chi connectivity index (χ1) is 12.7. The van der Waals surface area contributed by atoms with Crippen molar-refractivity contribution in [3.05, 3.63) is 67.1 Å². The molecule has 2 N–H and O–H groups in total. The Balaban J connectivity index is 1.41. The number of rotatable bonds is 5. The normalized spacial score (nSPS) is 22.4. The Morgan fingerprint density at radius 3 is 2.85 bits per heavy atom. The van der Waals surface area contributed by atoms with Crippen molar-refractivity contribution in [2.75, 3.05) is 0 Å². The number of hydrogen-bond donors (Lipinski definition) is 2. The molecule has 7 heteroatoms. The minimum atomic E-state index is -0.529. The first-order valence-electron chi connectivity index (χ1n) is 8.73. The molecular weight excluding hydrogens is 330 g/mol. The molecule has 0 spiro atoms. The summed E-state index contributed by atoms with van der Waals surface area (Å²) >= 11 is 0. The van der Waals surface area contributed by atoms with E-state index in [1.54, 1.807) is 30.9 Å². The van der Waals surface area contributed by atoms with Gasteiger partial charge < -0.3 is 19.6 Å². The lowest BCUT2D eigenvalue weighted by Gasteiger charge is -2.16. The number of nitrogens with one attached hydrogen (secondary N) is 1. The van der Waals surface area contributed by atoms with Crippen molar-refractivity contribution in [1.82, 2.24) is 24.4 Å². The molecule has 1 aliphatic carbocycles. The predicted octanol–water partition coefficient (Wildman–Crippen LogP) is 1.64. The average molecular weight is 351 g/mol. The molecule has 1 amide bonds. The molecule has 0 bridgehead atoms. The van der Waals surface area contributed by atoms with Crippen molar-refractivity contribution in [1.29, 1.82) is 0 Å². The van der Waals surface area contributed by atoms with Crippen LogP contribution in [0, 0.1) is 5.92 Å². The van der Waals surface area contributed by atoms with Gasteiger partial charge in [-0.15, -0.1) is 0 Å². The number of aliphatic hydroxyl groups excluding tert-OH is 1. The van der Waals surface area contributed by atoms with Gasteiger partial charge in [0.25, 0.3) is 5.91 Å². The van der Waals surface area contributed by atoms with Gasteiger partial charge in [-0.1, -0.05) is 0 Å². The van der Waals surface area contributed by atoms with E-state index in [-0.39, 0.29) is 11.9 Å². The van der Waals surface area contributed by atoms with Gasteiger partial charge in [-0.25, -0.2) is 9.97 Å². The van der Waals surface area contributed by atoms with E-state index in [0.29, 0.717) is 23.7 Å². The maximum Gasteiger partial charge on any atom is 0.251 e. The first-order valence-corrected chi connectivity index (χ1v) is 8.73. The number of carbonyl (C=O) groups is 1. The fourth-order valence-corrected chi connectivity index (χ4v) is 3.56. The zero-order chi connectivity index (χ0) is 17.9. The minimum Gasteiger partial charge on any atom is -0.391 e. The fraction of sp³-hybridized carbons (Fsp3) is 0.316. The zero-order valence-electron chi connectivity index (χ0n) is 14.3. The Hall–Kier alpha value is -2.93. The minimum absolute atomic E-state index is 0.187. The molecule has 3 atom stereocenters. The van der Waals surface area contributed by atoms with Crippen molar-refractivity contribution in [3.63, 3.8) is 0 Å². The van der Waals surface area contributed by atoms with Gasteiger partial charge in [-0.3, -0.25) is 4.79 Å². The first kappa shape index (κ1) is 16.5. The summed E-state index contributed by atoms with van der Waals surface area (Å²) in [6.07, 6.45) is 11.7. The Morgan fingerprint density at radius 2 is 2.08 bits per heavy atom. The molecule has 7 nitrogen and oxygen atoms in total. The van der Waals surface area contributed by atoms with E-state index in [9.17, 15) is 9.90 Å². The fourth-order valence-electron chi connectivity index (χ4n) is 3.56. The number of pyridine rings is 1. The molecule has 1 saturated carbocycles. The van der Waals surface area contributed by atoms with Crippen molar-refractivity contribution < 1.29 is 9.90 Å². The summed E-state index contributed by atoms with van der Waals surface area (Å²) < 4.78 is 3.86. The van der Waals surface area contributed by atoms with Crippen LogP contribution >= 0.6 is 0 Å². The average Bonchev–Trinajstić information content (AvgIpc) is 3.39. The molecule has 1 unspecified atom stereocenters. The summed E-state index contributed by atoms with van der Waals surface area (Å²) in [6.45, 7) is 0.802. The van der Waals surface area contributed by atoms with E-state index in [1.165, 1.54) is 0 Å². The van der Waals surface area contributed by atoms with Gasteiger partial charge >= 0.3 is 0 Å². The number of nitrogens with zero attached hydrogens (tertiary/aromatic N) is 4. The standard InChI is InChI=1S/C19H21N5O2/c25-17-10-14(12-23-8-5-20-13-23)9-16(17)22-19(26)15-3-4-21-18(11-15)24-6-1-2-7-24/h1-8,11,13-14,16-17,25H,9-10,12H2,(H,22,26)/t14?,16-,17-/m1/s1. The van der Waals surface area contributed by atoms with Gasteiger partial charge in [0.2, 0.25) is 0 Å². The summed E-state index contributed by atoms with van der Waals surface area (Å²) in [7, 11) is 0.